The Morgan fingerprint density at radius 2 is 0.873 bits per heavy atom. The first-order valence-corrected chi connectivity index (χ1v) is 22.4. The number of carbonyl (C=O) groups excluding carboxylic acids is 6. The summed E-state index contributed by atoms with van der Waals surface area (Å²) in [5.74, 6) is -8.78. The standard InChI is InChI=1S/C43H74N6O14/c1-29(50)32(44)17-12-15-27-47-40(57)33(45)18-13-14-26-46-36(52)24-21-34(42(60)61)49-38(54)25-22-35(43(62)63)48-37(53)23-20-30(41(58)59)28-31(51)16-10-8-6-4-2-3-5-7-9-11-19-39(55)56/h30,32-35H,2-28,44-45H2,1H3,(H,46,52)(H,47,57)(H,48,53)(H,49,54)(H,55,56)(H,58,59)(H,60,61)(H,62,63)/t30-,32+,33+,34+,35+/m1/s1. The monoisotopic (exact) mass is 899 g/mol. The molecule has 0 spiro atoms. The maximum atomic E-state index is 12.6. The molecule has 4 amide bonds. The van der Waals surface area contributed by atoms with E-state index in [1.807, 2.05) is 0 Å². The number of unbranched alkanes of at least 4 members (excludes halogenated alkanes) is 11. The average molecular weight is 899 g/mol. The molecule has 0 aliphatic carbocycles. The third-order valence-electron chi connectivity index (χ3n) is 10.6. The molecule has 360 valence electrons. The zero-order valence-electron chi connectivity index (χ0n) is 37.0. The molecule has 0 saturated heterocycles. The van der Waals surface area contributed by atoms with Crippen LogP contribution in [0, 0.1) is 5.92 Å². The number of carboxylic acid groups (broad SMARTS) is 4. The lowest BCUT2D eigenvalue weighted by atomic mass is 9.94. The normalized spacial score (nSPS) is 13.4. The number of hydrogen-bond donors (Lipinski definition) is 10. The summed E-state index contributed by atoms with van der Waals surface area (Å²) in [6.07, 6.45) is 10.6. The van der Waals surface area contributed by atoms with Crippen molar-refractivity contribution in [2.75, 3.05) is 13.1 Å². The van der Waals surface area contributed by atoms with Crippen LogP contribution in [0.1, 0.15) is 167 Å². The Morgan fingerprint density at radius 1 is 0.444 bits per heavy atom. The predicted molar refractivity (Wildman–Crippen MR) is 231 cm³/mol. The highest BCUT2D eigenvalue weighted by molar-refractivity contribution is 5.87. The van der Waals surface area contributed by atoms with E-state index in [0.29, 0.717) is 57.9 Å². The number of nitrogens with two attached hydrogens (primary N) is 2. The summed E-state index contributed by atoms with van der Waals surface area (Å²) in [5, 5.41) is 47.3. The highest BCUT2D eigenvalue weighted by Gasteiger charge is 2.26. The van der Waals surface area contributed by atoms with Gasteiger partial charge in [0.25, 0.3) is 0 Å². The molecule has 0 saturated carbocycles. The van der Waals surface area contributed by atoms with Crippen LogP contribution >= 0.6 is 0 Å². The number of nitrogens with one attached hydrogen (secondary N) is 4. The third-order valence-corrected chi connectivity index (χ3v) is 10.6. The molecule has 0 aliphatic rings. The van der Waals surface area contributed by atoms with Gasteiger partial charge < -0.3 is 53.2 Å². The summed E-state index contributed by atoms with van der Waals surface area (Å²) in [7, 11) is 0. The van der Waals surface area contributed by atoms with Crippen LogP contribution < -0.4 is 32.7 Å². The first-order valence-electron chi connectivity index (χ1n) is 22.4. The molecular formula is C43H74N6O14. The highest BCUT2D eigenvalue weighted by atomic mass is 16.4. The van der Waals surface area contributed by atoms with Gasteiger partial charge in [0.05, 0.1) is 18.0 Å². The molecule has 20 nitrogen and oxygen atoms in total. The Balaban J connectivity index is 4.44. The van der Waals surface area contributed by atoms with Crippen molar-refractivity contribution in [2.24, 2.45) is 17.4 Å². The van der Waals surface area contributed by atoms with Crippen molar-refractivity contribution < 1.29 is 68.4 Å². The molecule has 20 heteroatoms. The van der Waals surface area contributed by atoms with Crippen molar-refractivity contribution >= 4 is 59.1 Å². The largest absolute Gasteiger partial charge is 0.481 e. The zero-order valence-corrected chi connectivity index (χ0v) is 37.0. The molecule has 0 aliphatic heterocycles. The molecule has 0 heterocycles. The lowest BCUT2D eigenvalue weighted by molar-refractivity contribution is -0.145. The number of aliphatic carboxylic acids is 4. The average Bonchev–Trinajstić information content (AvgIpc) is 3.21. The second kappa shape index (κ2) is 35.5. The summed E-state index contributed by atoms with van der Waals surface area (Å²) < 4.78 is 0. The highest BCUT2D eigenvalue weighted by Crippen LogP contribution is 2.17. The summed E-state index contributed by atoms with van der Waals surface area (Å²) in [6.45, 7) is 2.08. The third kappa shape index (κ3) is 32.4. The van der Waals surface area contributed by atoms with Crippen LogP contribution in [0.15, 0.2) is 0 Å². The number of rotatable bonds is 41. The Morgan fingerprint density at radius 3 is 1.33 bits per heavy atom. The number of amides is 4. The Bertz CT molecular complexity index is 1460. The summed E-state index contributed by atoms with van der Waals surface area (Å²) in [5.41, 5.74) is 11.6. The first kappa shape index (κ1) is 58.0. The van der Waals surface area contributed by atoms with E-state index in [-0.39, 0.29) is 69.0 Å². The minimum Gasteiger partial charge on any atom is -0.481 e. The maximum Gasteiger partial charge on any atom is 0.326 e. The van der Waals surface area contributed by atoms with Gasteiger partial charge in [-0.3, -0.25) is 38.4 Å². The van der Waals surface area contributed by atoms with Gasteiger partial charge in [0.15, 0.2) is 0 Å². The molecule has 12 N–H and O–H groups in total. The smallest absolute Gasteiger partial charge is 0.326 e. The molecule has 0 aromatic heterocycles. The summed E-state index contributed by atoms with van der Waals surface area (Å²) in [4.78, 5) is 119. The van der Waals surface area contributed by atoms with Gasteiger partial charge in [-0.15, -0.1) is 0 Å². The van der Waals surface area contributed by atoms with Gasteiger partial charge in [0, 0.05) is 51.6 Å². The van der Waals surface area contributed by atoms with E-state index in [2.05, 4.69) is 21.3 Å². The topological polar surface area (TPSA) is 352 Å². The van der Waals surface area contributed by atoms with Gasteiger partial charge in [-0.1, -0.05) is 51.4 Å². The zero-order chi connectivity index (χ0) is 47.6. The van der Waals surface area contributed by atoms with Gasteiger partial charge in [-0.2, -0.15) is 0 Å². The second-order valence-corrected chi connectivity index (χ2v) is 16.2. The van der Waals surface area contributed by atoms with Crippen LogP contribution in [0.2, 0.25) is 0 Å². The lowest BCUT2D eigenvalue weighted by Crippen LogP contribution is -2.44. The molecule has 0 radical (unpaired) electrons. The van der Waals surface area contributed by atoms with Crippen LogP contribution in [0.25, 0.3) is 0 Å². The van der Waals surface area contributed by atoms with Crippen LogP contribution in [-0.2, 0) is 47.9 Å². The molecular weight excluding hydrogens is 825 g/mol. The van der Waals surface area contributed by atoms with Crippen molar-refractivity contribution in [1.29, 1.82) is 0 Å². The number of Topliss-reactive ketones (excluding diaryl/α,β-unsaturated/α-hetero) is 2. The van der Waals surface area contributed by atoms with Gasteiger partial charge in [-0.25, -0.2) is 9.59 Å². The van der Waals surface area contributed by atoms with E-state index < -0.39 is 84.5 Å². The number of hydrogen-bond acceptors (Lipinski definition) is 12. The fourth-order valence-corrected chi connectivity index (χ4v) is 6.58. The predicted octanol–water partition coefficient (Wildman–Crippen LogP) is 2.71. The van der Waals surface area contributed by atoms with Gasteiger partial charge in [0.1, 0.15) is 23.7 Å². The molecule has 0 fully saturated rings. The van der Waals surface area contributed by atoms with Crippen LogP contribution in [0.5, 0.6) is 0 Å². The molecule has 0 aromatic carbocycles. The fraction of sp³-hybridized carbons (Fsp3) is 0.767. The summed E-state index contributed by atoms with van der Waals surface area (Å²) >= 11 is 0. The fourth-order valence-electron chi connectivity index (χ4n) is 6.58. The number of ketones is 2. The molecule has 5 atom stereocenters. The minimum absolute atomic E-state index is 0.0861. The molecule has 63 heavy (non-hydrogen) atoms. The molecule has 0 aromatic rings. The van der Waals surface area contributed by atoms with E-state index in [1.54, 1.807) is 0 Å². The number of carboxylic acids is 4. The van der Waals surface area contributed by atoms with E-state index in [0.717, 1.165) is 51.4 Å². The van der Waals surface area contributed by atoms with E-state index in [4.69, 9.17) is 16.6 Å². The van der Waals surface area contributed by atoms with Crippen molar-refractivity contribution in [1.82, 2.24) is 21.3 Å². The second-order valence-electron chi connectivity index (χ2n) is 16.2. The van der Waals surface area contributed by atoms with Crippen LogP contribution in [-0.4, -0.2) is 117 Å². The molecule has 0 unspecified atom stereocenters. The van der Waals surface area contributed by atoms with Crippen molar-refractivity contribution in [3.63, 3.8) is 0 Å². The Labute approximate surface area is 370 Å². The van der Waals surface area contributed by atoms with Crippen LogP contribution in [0.4, 0.5) is 0 Å². The van der Waals surface area contributed by atoms with E-state index in [1.165, 1.54) is 6.92 Å². The Kier molecular flexibility index (Phi) is 32.7. The van der Waals surface area contributed by atoms with Gasteiger partial charge in [-0.05, 0) is 77.6 Å². The van der Waals surface area contributed by atoms with E-state index in [9.17, 15) is 63.3 Å². The minimum atomic E-state index is -1.54. The number of carbonyl (C=O) groups is 10. The van der Waals surface area contributed by atoms with Crippen molar-refractivity contribution in [2.45, 2.75) is 192 Å². The Hall–Kier alpha value is -4.98. The van der Waals surface area contributed by atoms with Crippen molar-refractivity contribution in [3.05, 3.63) is 0 Å². The SMILES string of the molecule is CC(=O)[C@@H](N)CCCCNC(=O)[C@@H](N)CCCCNC(=O)CC[C@H](NC(=O)CC[C@H](NC(=O)CC[C@H](CC(=O)CCCCCCCCCCCCC(=O)O)C(=O)O)C(=O)O)C(=O)O. The summed E-state index contributed by atoms with van der Waals surface area (Å²) in [6, 6.07) is -4.24. The van der Waals surface area contributed by atoms with E-state index >= 15 is 0 Å². The molecule has 0 bridgehead atoms. The maximum absolute atomic E-state index is 12.6. The van der Waals surface area contributed by atoms with Crippen molar-refractivity contribution in [3.8, 4) is 0 Å². The van der Waals surface area contributed by atoms with Gasteiger partial charge >= 0.3 is 23.9 Å². The quantitative estimate of drug-likeness (QED) is 0.0394. The molecule has 0 rings (SSSR count). The lowest BCUT2D eigenvalue weighted by Gasteiger charge is -2.17. The first-order chi connectivity index (χ1) is 29.8. The van der Waals surface area contributed by atoms with Gasteiger partial charge in [0.2, 0.25) is 23.6 Å². The van der Waals surface area contributed by atoms with Crippen LogP contribution in [0.3, 0.4) is 0 Å².